The van der Waals surface area contributed by atoms with Crippen LogP contribution < -0.4 is 10.0 Å². The number of hydrogen-bond donors (Lipinski definition) is 2. The zero-order valence-corrected chi connectivity index (χ0v) is 17.9. The lowest BCUT2D eigenvalue weighted by Crippen LogP contribution is -2.48. The Morgan fingerprint density at radius 2 is 1.69 bits per heavy atom. The molecule has 156 valence electrons. The minimum Gasteiger partial charge on any atom is -0.339 e. The van der Waals surface area contributed by atoms with Crippen LogP contribution in [0.15, 0.2) is 59.5 Å². The third-order valence-corrected chi connectivity index (χ3v) is 7.13. The van der Waals surface area contributed by atoms with Gasteiger partial charge in [0.25, 0.3) is 15.9 Å². The summed E-state index contributed by atoms with van der Waals surface area (Å²) in [5.41, 5.74) is 0.870. The average Bonchev–Trinajstić information content (AvgIpc) is 3.05. The number of sulfonamides is 1. The van der Waals surface area contributed by atoms with Gasteiger partial charge in [0.2, 0.25) is 0 Å². The zero-order chi connectivity index (χ0) is 19.7. The molecule has 29 heavy (non-hydrogen) atoms. The molecule has 4 rings (SSSR count). The molecular formula is C21H26ClN3O3S. The van der Waals surface area contributed by atoms with E-state index in [0.717, 1.165) is 12.8 Å². The second-order valence-corrected chi connectivity index (χ2v) is 9.36. The molecule has 2 unspecified atom stereocenters. The summed E-state index contributed by atoms with van der Waals surface area (Å²) in [5.74, 6) is -0.0768. The summed E-state index contributed by atoms with van der Waals surface area (Å²) >= 11 is 0. The van der Waals surface area contributed by atoms with Gasteiger partial charge in [-0.15, -0.1) is 12.4 Å². The van der Waals surface area contributed by atoms with Crippen LogP contribution in [0, 0.1) is 0 Å². The molecule has 2 aromatic rings. The molecule has 2 aliphatic heterocycles. The normalized spacial score (nSPS) is 23.1. The van der Waals surface area contributed by atoms with Crippen molar-refractivity contribution >= 4 is 34.0 Å². The maximum atomic E-state index is 13.0. The molecule has 2 fully saturated rings. The predicted molar refractivity (Wildman–Crippen MR) is 116 cm³/mol. The first-order valence-corrected chi connectivity index (χ1v) is 11.1. The molecule has 0 saturated carbocycles. The number of nitrogens with one attached hydrogen (secondary N) is 2. The molecule has 2 saturated heterocycles. The minimum atomic E-state index is -3.69. The fraction of sp³-hybridized carbons (Fsp3) is 0.381. The highest BCUT2D eigenvalue weighted by atomic mass is 35.5. The molecule has 0 spiro atoms. The molecule has 0 aliphatic carbocycles. The first kappa shape index (κ1) is 21.6. The standard InChI is InChI=1S/C21H25N3O3S.ClH/c1-24(19-13-16-10-11-17(14-19)22-16)21(25)15-6-5-7-18(12-15)23-28(26,27)20-8-3-2-4-9-20;/h2-9,12,16-17,19,22-23H,10-11,13-14H2,1H3;1H. The third-order valence-electron chi connectivity index (χ3n) is 5.73. The van der Waals surface area contributed by atoms with E-state index < -0.39 is 10.0 Å². The zero-order valence-electron chi connectivity index (χ0n) is 16.2. The number of halogens is 1. The van der Waals surface area contributed by atoms with E-state index in [4.69, 9.17) is 0 Å². The SMILES string of the molecule is CN(C(=O)c1cccc(NS(=O)(=O)c2ccccc2)c1)C1CC2CCC(C1)N2.Cl. The molecule has 2 heterocycles. The fourth-order valence-corrected chi connectivity index (χ4v) is 5.31. The summed E-state index contributed by atoms with van der Waals surface area (Å²) in [6.45, 7) is 0. The Morgan fingerprint density at radius 3 is 2.34 bits per heavy atom. The van der Waals surface area contributed by atoms with Crippen molar-refractivity contribution < 1.29 is 13.2 Å². The van der Waals surface area contributed by atoms with Gasteiger partial charge in [-0.05, 0) is 56.0 Å². The topological polar surface area (TPSA) is 78.5 Å². The lowest BCUT2D eigenvalue weighted by Gasteiger charge is -2.35. The Balaban J connectivity index is 0.00000240. The number of rotatable bonds is 5. The Bertz CT molecular complexity index is 956. The maximum Gasteiger partial charge on any atom is 0.261 e. The van der Waals surface area contributed by atoms with E-state index in [1.54, 1.807) is 42.5 Å². The van der Waals surface area contributed by atoms with Crippen molar-refractivity contribution in [2.45, 2.75) is 48.7 Å². The molecule has 0 radical (unpaired) electrons. The highest BCUT2D eigenvalue weighted by Crippen LogP contribution is 2.30. The van der Waals surface area contributed by atoms with E-state index in [9.17, 15) is 13.2 Å². The van der Waals surface area contributed by atoms with Crippen LogP contribution in [-0.4, -0.2) is 44.4 Å². The number of anilines is 1. The van der Waals surface area contributed by atoms with Gasteiger partial charge in [-0.1, -0.05) is 24.3 Å². The summed E-state index contributed by atoms with van der Waals surface area (Å²) in [6.07, 6.45) is 4.30. The van der Waals surface area contributed by atoms with E-state index in [1.807, 2.05) is 11.9 Å². The molecule has 2 atom stereocenters. The Labute approximate surface area is 178 Å². The summed E-state index contributed by atoms with van der Waals surface area (Å²) in [6, 6.07) is 16.1. The number of piperidine rings is 1. The third kappa shape index (κ3) is 4.74. The van der Waals surface area contributed by atoms with E-state index in [-0.39, 0.29) is 29.3 Å². The number of fused-ring (bicyclic) bond motifs is 2. The summed E-state index contributed by atoms with van der Waals surface area (Å²) < 4.78 is 27.6. The molecule has 8 heteroatoms. The molecular weight excluding hydrogens is 410 g/mol. The maximum absolute atomic E-state index is 13.0. The second-order valence-electron chi connectivity index (χ2n) is 7.68. The van der Waals surface area contributed by atoms with Crippen LogP contribution in [0.25, 0.3) is 0 Å². The fourth-order valence-electron chi connectivity index (χ4n) is 4.24. The van der Waals surface area contributed by atoms with E-state index in [0.29, 0.717) is 23.3 Å². The number of carbonyl (C=O) groups is 1. The quantitative estimate of drug-likeness (QED) is 0.755. The first-order chi connectivity index (χ1) is 13.4. The van der Waals surface area contributed by atoms with Crippen LogP contribution >= 0.6 is 12.4 Å². The van der Waals surface area contributed by atoms with Gasteiger partial charge < -0.3 is 10.2 Å². The number of amides is 1. The van der Waals surface area contributed by atoms with Gasteiger partial charge in [-0.2, -0.15) is 0 Å². The first-order valence-electron chi connectivity index (χ1n) is 9.63. The summed E-state index contributed by atoms with van der Waals surface area (Å²) in [4.78, 5) is 15.0. The molecule has 6 nitrogen and oxygen atoms in total. The van der Waals surface area contributed by atoms with Gasteiger partial charge in [0.1, 0.15) is 0 Å². The molecule has 2 aromatic carbocycles. The van der Waals surface area contributed by atoms with Gasteiger partial charge >= 0.3 is 0 Å². The van der Waals surface area contributed by atoms with Crippen molar-refractivity contribution in [1.29, 1.82) is 0 Å². The smallest absolute Gasteiger partial charge is 0.261 e. The number of hydrogen-bond acceptors (Lipinski definition) is 4. The molecule has 1 amide bonds. The number of carbonyl (C=O) groups excluding carboxylic acids is 1. The van der Waals surface area contributed by atoms with Crippen LogP contribution in [-0.2, 0) is 10.0 Å². The largest absolute Gasteiger partial charge is 0.339 e. The van der Waals surface area contributed by atoms with Gasteiger partial charge in [-0.3, -0.25) is 9.52 Å². The Kier molecular flexibility index (Phi) is 6.51. The van der Waals surface area contributed by atoms with Crippen molar-refractivity contribution in [2.24, 2.45) is 0 Å². The van der Waals surface area contributed by atoms with Gasteiger partial charge in [0.15, 0.2) is 0 Å². The molecule has 2 bridgehead atoms. The van der Waals surface area contributed by atoms with Crippen molar-refractivity contribution in [3.8, 4) is 0 Å². The van der Waals surface area contributed by atoms with Crippen LogP contribution in [0.1, 0.15) is 36.0 Å². The summed E-state index contributed by atoms with van der Waals surface area (Å²) in [7, 11) is -1.84. The van der Waals surface area contributed by atoms with Gasteiger partial charge in [0.05, 0.1) is 4.90 Å². The van der Waals surface area contributed by atoms with Crippen LogP contribution in [0.5, 0.6) is 0 Å². The Morgan fingerprint density at radius 1 is 1.03 bits per heavy atom. The molecule has 2 N–H and O–H groups in total. The molecule has 0 aromatic heterocycles. The van der Waals surface area contributed by atoms with Gasteiger partial charge in [0, 0.05) is 36.4 Å². The average molecular weight is 436 g/mol. The van der Waals surface area contributed by atoms with Crippen molar-refractivity contribution in [1.82, 2.24) is 10.2 Å². The monoisotopic (exact) mass is 435 g/mol. The second kappa shape index (κ2) is 8.73. The lowest BCUT2D eigenvalue weighted by atomic mass is 9.98. The van der Waals surface area contributed by atoms with E-state index in [1.165, 1.54) is 25.0 Å². The van der Waals surface area contributed by atoms with E-state index in [2.05, 4.69) is 10.0 Å². The summed E-state index contributed by atoms with van der Waals surface area (Å²) in [5, 5.41) is 3.59. The lowest BCUT2D eigenvalue weighted by molar-refractivity contribution is 0.0681. The Hall–Kier alpha value is -2.09. The highest BCUT2D eigenvalue weighted by Gasteiger charge is 2.36. The van der Waals surface area contributed by atoms with E-state index >= 15 is 0 Å². The highest BCUT2D eigenvalue weighted by molar-refractivity contribution is 7.92. The van der Waals surface area contributed by atoms with Crippen molar-refractivity contribution in [3.05, 3.63) is 60.2 Å². The number of benzene rings is 2. The minimum absolute atomic E-state index is 0. The van der Waals surface area contributed by atoms with Crippen molar-refractivity contribution in [3.63, 3.8) is 0 Å². The van der Waals surface area contributed by atoms with Gasteiger partial charge in [-0.25, -0.2) is 8.42 Å². The van der Waals surface area contributed by atoms with Crippen molar-refractivity contribution in [2.75, 3.05) is 11.8 Å². The predicted octanol–water partition coefficient (Wildman–Crippen LogP) is 3.26. The van der Waals surface area contributed by atoms with Crippen LogP contribution in [0.2, 0.25) is 0 Å². The molecule has 2 aliphatic rings. The van der Waals surface area contributed by atoms with Crippen LogP contribution in [0.4, 0.5) is 5.69 Å². The van der Waals surface area contributed by atoms with Crippen LogP contribution in [0.3, 0.4) is 0 Å². The number of nitrogens with zero attached hydrogens (tertiary/aromatic N) is 1.